The van der Waals surface area contributed by atoms with E-state index in [-0.39, 0.29) is 6.54 Å². The van der Waals surface area contributed by atoms with Gasteiger partial charge in [-0.05, 0) is 25.5 Å². The SMILES string of the molecule is COC(=O)C(C)(O)CNCC1CCCS1. The zero-order valence-corrected chi connectivity index (χ0v) is 10.1. The maximum Gasteiger partial charge on any atom is 0.338 e. The highest BCUT2D eigenvalue weighted by Crippen LogP contribution is 2.25. The lowest BCUT2D eigenvalue weighted by Crippen LogP contribution is -2.46. The van der Waals surface area contributed by atoms with E-state index in [1.165, 1.54) is 32.6 Å². The monoisotopic (exact) mass is 233 g/mol. The third kappa shape index (κ3) is 4.01. The molecular weight excluding hydrogens is 214 g/mol. The van der Waals surface area contributed by atoms with Crippen molar-refractivity contribution in [3.63, 3.8) is 0 Å². The zero-order chi connectivity index (χ0) is 11.3. The van der Waals surface area contributed by atoms with E-state index in [0.717, 1.165) is 6.54 Å². The molecule has 0 aromatic carbocycles. The van der Waals surface area contributed by atoms with Gasteiger partial charge in [0.05, 0.1) is 7.11 Å². The van der Waals surface area contributed by atoms with Crippen LogP contribution in [0.4, 0.5) is 0 Å². The Balaban J connectivity index is 2.20. The molecule has 0 aromatic heterocycles. The third-order valence-corrected chi connectivity index (χ3v) is 3.89. The van der Waals surface area contributed by atoms with Crippen molar-refractivity contribution < 1.29 is 14.6 Å². The molecule has 0 radical (unpaired) electrons. The molecule has 0 spiro atoms. The quantitative estimate of drug-likeness (QED) is 0.673. The first-order valence-corrected chi connectivity index (χ1v) is 6.24. The summed E-state index contributed by atoms with van der Waals surface area (Å²) >= 11 is 1.95. The first kappa shape index (κ1) is 12.8. The van der Waals surface area contributed by atoms with E-state index < -0.39 is 11.6 Å². The van der Waals surface area contributed by atoms with Crippen LogP contribution in [0.15, 0.2) is 0 Å². The minimum atomic E-state index is -1.42. The second kappa shape index (κ2) is 5.72. The summed E-state index contributed by atoms with van der Waals surface area (Å²) in [5.41, 5.74) is -1.42. The molecule has 2 unspecified atom stereocenters. The molecule has 2 N–H and O–H groups in total. The molecule has 0 aromatic rings. The van der Waals surface area contributed by atoms with Gasteiger partial charge in [0.25, 0.3) is 0 Å². The summed E-state index contributed by atoms with van der Waals surface area (Å²) in [6.45, 7) is 2.56. The number of hydrogen-bond acceptors (Lipinski definition) is 5. The van der Waals surface area contributed by atoms with Gasteiger partial charge in [-0.15, -0.1) is 0 Å². The highest BCUT2D eigenvalue weighted by molar-refractivity contribution is 8.00. The summed E-state index contributed by atoms with van der Waals surface area (Å²) in [4.78, 5) is 11.1. The van der Waals surface area contributed by atoms with E-state index in [1.54, 1.807) is 0 Å². The highest BCUT2D eigenvalue weighted by atomic mass is 32.2. The van der Waals surface area contributed by atoms with Crippen LogP contribution < -0.4 is 5.32 Å². The van der Waals surface area contributed by atoms with Crippen molar-refractivity contribution in [2.45, 2.75) is 30.6 Å². The fourth-order valence-corrected chi connectivity index (χ4v) is 2.81. The third-order valence-electron chi connectivity index (χ3n) is 2.49. The van der Waals surface area contributed by atoms with Crippen molar-refractivity contribution in [1.29, 1.82) is 0 Å². The Labute approximate surface area is 94.8 Å². The van der Waals surface area contributed by atoms with Gasteiger partial charge in [-0.2, -0.15) is 11.8 Å². The summed E-state index contributed by atoms with van der Waals surface area (Å²) in [6, 6.07) is 0. The van der Waals surface area contributed by atoms with Crippen LogP contribution in [-0.2, 0) is 9.53 Å². The first-order chi connectivity index (χ1) is 7.06. The van der Waals surface area contributed by atoms with Crippen LogP contribution in [0.3, 0.4) is 0 Å². The van der Waals surface area contributed by atoms with Crippen molar-refractivity contribution in [3.8, 4) is 0 Å². The van der Waals surface area contributed by atoms with Crippen LogP contribution in [0.5, 0.6) is 0 Å². The molecule has 1 aliphatic rings. The maximum atomic E-state index is 11.1. The van der Waals surface area contributed by atoms with Crippen molar-refractivity contribution in [2.24, 2.45) is 0 Å². The largest absolute Gasteiger partial charge is 0.467 e. The van der Waals surface area contributed by atoms with Crippen LogP contribution in [0.2, 0.25) is 0 Å². The summed E-state index contributed by atoms with van der Waals surface area (Å²) in [6.07, 6.45) is 2.49. The fraction of sp³-hybridized carbons (Fsp3) is 0.900. The van der Waals surface area contributed by atoms with Gasteiger partial charge in [0, 0.05) is 18.3 Å². The van der Waals surface area contributed by atoms with E-state index in [1.807, 2.05) is 11.8 Å². The van der Waals surface area contributed by atoms with Gasteiger partial charge in [-0.1, -0.05) is 0 Å². The van der Waals surface area contributed by atoms with E-state index in [2.05, 4.69) is 10.1 Å². The number of esters is 1. The van der Waals surface area contributed by atoms with Crippen molar-refractivity contribution >= 4 is 17.7 Å². The van der Waals surface area contributed by atoms with Gasteiger partial charge >= 0.3 is 5.97 Å². The molecule has 88 valence electrons. The van der Waals surface area contributed by atoms with Crippen molar-refractivity contribution in [3.05, 3.63) is 0 Å². The standard InChI is InChI=1S/C10H19NO3S/c1-10(13,9(12)14-2)7-11-6-8-4-3-5-15-8/h8,11,13H,3-7H2,1-2H3. The van der Waals surface area contributed by atoms with E-state index in [9.17, 15) is 9.90 Å². The lowest BCUT2D eigenvalue weighted by Gasteiger charge is -2.21. The predicted molar refractivity (Wildman–Crippen MR) is 61.0 cm³/mol. The molecule has 0 aliphatic carbocycles. The molecular formula is C10H19NO3S. The van der Waals surface area contributed by atoms with E-state index in [4.69, 9.17) is 0 Å². The highest BCUT2D eigenvalue weighted by Gasteiger charge is 2.31. The lowest BCUT2D eigenvalue weighted by atomic mass is 10.1. The average Bonchev–Trinajstić information content (AvgIpc) is 2.69. The molecule has 1 fully saturated rings. The Hall–Kier alpha value is -0.260. The topological polar surface area (TPSA) is 58.6 Å². The van der Waals surface area contributed by atoms with Crippen LogP contribution in [-0.4, -0.2) is 47.9 Å². The Morgan fingerprint density at radius 2 is 2.47 bits per heavy atom. The number of rotatable bonds is 5. The van der Waals surface area contributed by atoms with Gasteiger partial charge in [-0.25, -0.2) is 4.79 Å². The normalized spacial score (nSPS) is 24.9. The Morgan fingerprint density at radius 3 is 3.00 bits per heavy atom. The molecule has 1 rings (SSSR count). The number of aliphatic hydroxyl groups is 1. The second-order valence-corrected chi connectivity index (χ2v) is 5.44. The minimum absolute atomic E-state index is 0.247. The molecule has 2 atom stereocenters. The second-order valence-electron chi connectivity index (χ2n) is 4.03. The Kier molecular flexibility index (Phi) is 4.89. The predicted octanol–water partition coefficient (Wildman–Crippen LogP) is 0.396. The molecule has 4 nitrogen and oxygen atoms in total. The molecule has 1 heterocycles. The number of ether oxygens (including phenoxy) is 1. The van der Waals surface area contributed by atoms with Crippen LogP contribution >= 0.6 is 11.8 Å². The molecule has 0 bridgehead atoms. The number of thioether (sulfide) groups is 1. The Morgan fingerprint density at radius 1 is 1.73 bits per heavy atom. The molecule has 15 heavy (non-hydrogen) atoms. The van der Waals surface area contributed by atoms with Crippen LogP contribution in [0.25, 0.3) is 0 Å². The number of methoxy groups -OCH3 is 1. The van der Waals surface area contributed by atoms with Crippen LogP contribution in [0, 0.1) is 0 Å². The number of carbonyl (C=O) groups excluding carboxylic acids is 1. The fourth-order valence-electron chi connectivity index (χ4n) is 1.57. The van der Waals surface area contributed by atoms with Gasteiger partial charge in [-0.3, -0.25) is 0 Å². The number of hydrogen-bond donors (Lipinski definition) is 2. The summed E-state index contributed by atoms with van der Waals surface area (Å²) in [5.74, 6) is 0.633. The zero-order valence-electron chi connectivity index (χ0n) is 9.28. The minimum Gasteiger partial charge on any atom is -0.467 e. The summed E-state index contributed by atoms with van der Waals surface area (Å²) in [7, 11) is 1.28. The molecule has 5 heteroatoms. The van der Waals surface area contributed by atoms with Gasteiger partial charge in [0.1, 0.15) is 0 Å². The molecule has 1 saturated heterocycles. The van der Waals surface area contributed by atoms with Crippen LogP contribution in [0.1, 0.15) is 19.8 Å². The van der Waals surface area contributed by atoms with E-state index >= 15 is 0 Å². The molecule has 1 aliphatic heterocycles. The average molecular weight is 233 g/mol. The van der Waals surface area contributed by atoms with Gasteiger partial charge in [0.15, 0.2) is 5.60 Å². The number of carbonyl (C=O) groups is 1. The molecule has 0 amide bonds. The summed E-state index contributed by atoms with van der Waals surface area (Å²) in [5, 5.41) is 13.4. The summed E-state index contributed by atoms with van der Waals surface area (Å²) < 4.78 is 4.50. The smallest absolute Gasteiger partial charge is 0.338 e. The molecule has 0 saturated carbocycles. The van der Waals surface area contributed by atoms with E-state index in [0.29, 0.717) is 5.25 Å². The Bertz CT molecular complexity index is 215. The lowest BCUT2D eigenvalue weighted by molar-refractivity contribution is -0.159. The van der Waals surface area contributed by atoms with Gasteiger partial charge < -0.3 is 15.2 Å². The van der Waals surface area contributed by atoms with Crippen molar-refractivity contribution in [1.82, 2.24) is 5.32 Å². The van der Waals surface area contributed by atoms with Gasteiger partial charge in [0.2, 0.25) is 0 Å². The number of nitrogens with one attached hydrogen (secondary N) is 1. The van der Waals surface area contributed by atoms with Crippen molar-refractivity contribution in [2.75, 3.05) is 26.0 Å². The maximum absolute atomic E-state index is 11.1. The first-order valence-electron chi connectivity index (χ1n) is 5.19.